The molecule has 0 atom stereocenters. The molecule has 0 heterocycles. The summed E-state index contributed by atoms with van der Waals surface area (Å²) in [5.41, 5.74) is 7.75. The molecular weight excluding hydrogens is 314 g/mol. The van der Waals surface area contributed by atoms with E-state index in [0.29, 0.717) is 18.2 Å². The second kappa shape index (κ2) is 6.23. The van der Waals surface area contributed by atoms with Crippen LogP contribution in [0.3, 0.4) is 0 Å². The Morgan fingerprint density at radius 3 is 2.67 bits per heavy atom. The number of ether oxygens (including phenoxy) is 1. The maximum absolute atomic E-state index is 5.89. The third-order valence-electron chi connectivity index (χ3n) is 2.54. The Labute approximate surface area is 120 Å². The van der Waals surface area contributed by atoms with Crippen molar-refractivity contribution in [2.75, 3.05) is 0 Å². The molecule has 94 valence electrons. The van der Waals surface area contributed by atoms with Gasteiger partial charge in [0.25, 0.3) is 0 Å². The molecule has 2 N–H and O–H groups in total. The molecule has 0 saturated carbocycles. The van der Waals surface area contributed by atoms with Gasteiger partial charge in [0, 0.05) is 21.6 Å². The molecular formula is C14H13BrClNO. The molecule has 2 aromatic carbocycles. The summed E-state index contributed by atoms with van der Waals surface area (Å²) in [5, 5.41) is 0.671. The van der Waals surface area contributed by atoms with Gasteiger partial charge < -0.3 is 10.5 Å². The number of hydrogen-bond acceptors (Lipinski definition) is 2. The van der Waals surface area contributed by atoms with E-state index in [1.807, 2.05) is 36.4 Å². The van der Waals surface area contributed by atoms with E-state index in [9.17, 15) is 0 Å². The van der Waals surface area contributed by atoms with Gasteiger partial charge in [0.2, 0.25) is 0 Å². The first kappa shape index (κ1) is 13.4. The Balaban J connectivity index is 2.06. The molecule has 0 aliphatic carbocycles. The van der Waals surface area contributed by atoms with Crippen molar-refractivity contribution in [2.45, 2.75) is 13.2 Å². The number of nitrogens with two attached hydrogens (primary N) is 1. The molecule has 0 aliphatic rings. The van der Waals surface area contributed by atoms with Crippen LogP contribution in [0.1, 0.15) is 11.1 Å². The Bertz CT molecular complexity index is 545. The van der Waals surface area contributed by atoms with Crippen LogP contribution in [0.2, 0.25) is 5.02 Å². The normalized spacial score (nSPS) is 10.4. The van der Waals surface area contributed by atoms with Crippen molar-refractivity contribution in [3.05, 3.63) is 63.1 Å². The van der Waals surface area contributed by atoms with Gasteiger partial charge in [-0.15, -0.1) is 0 Å². The van der Waals surface area contributed by atoms with Crippen LogP contribution in [0.25, 0.3) is 0 Å². The second-order valence-electron chi connectivity index (χ2n) is 3.88. The fraction of sp³-hybridized carbons (Fsp3) is 0.143. The maximum Gasteiger partial charge on any atom is 0.121 e. The molecule has 0 unspecified atom stereocenters. The van der Waals surface area contributed by atoms with Gasteiger partial charge in [-0.1, -0.05) is 45.7 Å². The predicted molar refractivity (Wildman–Crippen MR) is 77.8 cm³/mol. The Morgan fingerprint density at radius 2 is 2.00 bits per heavy atom. The minimum absolute atomic E-state index is 0.492. The number of hydrogen-bond donors (Lipinski definition) is 1. The van der Waals surface area contributed by atoms with Crippen molar-refractivity contribution < 1.29 is 4.74 Å². The Morgan fingerprint density at radius 1 is 1.17 bits per heavy atom. The fourth-order valence-corrected chi connectivity index (χ4v) is 2.27. The predicted octanol–water partition coefficient (Wildman–Crippen LogP) is 4.14. The van der Waals surface area contributed by atoms with Gasteiger partial charge in [-0.2, -0.15) is 0 Å². The summed E-state index contributed by atoms with van der Waals surface area (Å²) in [7, 11) is 0. The average Bonchev–Trinajstić information content (AvgIpc) is 2.37. The molecule has 2 aromatic rings. The van der Waals surface area contributed by atoms with Crippen LogP contribution < -0.4 is 10.5 Å². The standard InChI is InChI=1S/C14H13BrClNO/c15-14-6-10(8-17)4-5-11(14)9-18-13-3-1-2-12(16)7-13/h1-7H,8-9,17H2. The number of benzene rings is 2. The van der Waals surface area contributed by atoms with Crippen molar-refractivity contribution in [1.82, 2.24) is 0 Å². The highest BCUT2D eigenvalue weighted by Crippen LogP contribution is 2.22. The molecule has 0 spiro atoms. The molecule has 18 heavy (non-hydrogen) atoms. The van der Waals surface area contributed by atoms with Gasteiger partial charge in [0.1, 0.15) is 12.4 Å². The SMILES string of the molecule is NCc1ccc(COc2cccc(Cl)c2)c(Br)c1. The maximum atomic E-state index is 5.89. The summed E-state index contributed by atoms with van der Waals surface area (Å²) in [6.45, 7) is 1.03. The van der Waals surface area contributed by atoms with Gasteiger partial charge in [-0.3, -0.25) is 0 Å². The molecule has 2 nitrogen and oxygen atoms in total. The molecule has 4 heteroatoms. The van der Waals surface area contributed by atoms with Crippen LogP contribution in [0.4, 0.5) is 0 Å². The Kier molecular flexibility index (Phi) is 4.64. The first-order valence-corrected chi connectivity index (χ1v) is 6.72. The lowest BCUT2D eigenvalue weighted by molar-refractivity contribution is 0.305. The summed E-state index contributed by atoms with van der Waals surface area (Å²) in [6, 6.07) is 13.4. The van der Waals surface area contributed by atoms with E-state index in [1.165, 1.54) is 0 Å². The number of halogens is 2. The summed E-state index contributed by atoms with van der Waals surface area (Å²) >= 11 is 9.41. The van der Waals surface area contributed by atoms with Gasteiger partial charge in [0.05, 0.1) is 0 Å². The monoisotopic (exact) mass is 325 g/mol. The molecule has 0 fully saturated rings. The van der Waals surface area contributed by atoms with E-state index >= 15 is 0 Å². The zero-order valence-electron chi connectivity index (χ0n) is 9.70. The van der Waals surface area contributed by atoms with Crippen molar-refractivity contribution in [3.63, 3.8) is 0 Å². The van der Waals surface area contributed by atoms with Crippen LogP contribution in [0, 0.1) is 0 Å². The first-order valence-electron chi connectivity index (χ1n) is 5.55. The zero-order chi connectivity index (χ0) is 13.0. The van der Waals surface area contributed by atoms with Crippen LogP contribution in [0.5, 0.6) is 5.75 Å². The molecule has 0 amide bonds. The third kappa shape index (κ3) is 3.48. The lowest BCUT2D eigenvalue weighted by atomic mass is 10.1. The van der Waals surface area contributed by atoms with E-state index in [2.05, 4.69) is 15.9 Å². The summed E-state index contributed by atoms with van der Waals surface area (Å²) < 4.78 is 6.69. The molecule has 0 aliphatic heterocycles. The van der Waals surface area contributed by atoms with E-state index < -0.39 is 0 Å². The van der Waals surface area contributed by atoms with Crippen LogP contribution in [0.15, 0.2) is 46.9 Å². The minimum Gasteiger partial charge on any atom is -0.489 e. The number of rotatable bonds is 4. The second-order valence-corrected chi connectivity index (χ2v) is 5.17. The van der Waals surface area contributed by atoms with Crippen LogP contribution in [-0.2, 0) is 13.2 Å². The molecule has 2 rings (SSSR count). The molecule has 0 saturated heterocycles. The van der Waals surface area contributed by atoms with Crippen molar-refractivity contribution in [3.8, 4) is 5.75 Å². The summed E-state index contributed by atoms with van der Waals surface area (Å²) in [5.74, 6) is 0.761. The lowest BCUT2D eigenvalue weighted by Crippen LogP contribution is -2.00. The molecule has 0 bridgehead atoms. The smallest absolute Gasteiger partial charge is 0.121 e. The Hall–Kier alpha value is -1.03. The van der Waals surface area contributed by atoms with Crippen molar-refractivity contribution >= 4 is 27.5 Å². The van der Waals surface area contributed by atoms with E-state index in [-0.39, 0.29) is 0 Å². The zero-order valence-corrected chi connectivity index (χ0v) is 12.0. The summed E-state index contributed by atoms with van der Waals surface area (Å²) in [6.07, 6.45) is 0. The highest BCUT2D eigenvalue weighted by atomic mass is 79.9. The third-order valence-corrected chi connectivity index (χ3v) is 3.52. The molecule has 0 aromatic heterocycles. The fourth-order valence-electron chi connectivity index (χ4n) is 1.55. The topological polar surface area (TPSA) is 35.2 Å². The quantitative estimate of drug-likeness (QED) is 0.916. The minimum atomic E-state index is 0.492. The lowest BCUT2D eigenvalue weighted by Gasteiger charge is -2.09. The molecule has 0 radical (unpaired) electrons. The average molecular weight is 327 g/mol. The van der Waals surface area contributed by atoms with Gasteiger partial charge in [0.15, 0.2) is 0 Å². The van der Waals surface area contributed by atoms with Crippen LogP contribution >= 0.6 is 27.5 Å². The highest BCUT2D eigenvalue weighted by molar-refractivity contribution is 9.10. The highest BCUT2D eigenvalue weighted by Gasteiger charge is 2.02. The largest absolute Gasteiger partial charge is 0.489 e. The van der Waals surface area contributed by atoms with Crippen molar-refractivity contribution in [1.29, 1.82) is 0 Å². The summed E-state index contributed by atoms with van der Waals surface area (Å²) in [4.78, 5) is 0. The van der Waals surface area contributed by atoms with E-state index in [1.54, 1.807) is 6.07 Å². The van der Waals surface area contributed by atoms with Crippen molar-refractivity contribution in [2.24, 2.45) is 5.73 Å². The van der Waals surface area contributed by atoms with Gasteiger partial charge in [-0.25, -0.2) is 0 Å². The first-order chi connectivity index (χ1) is 8.69. The van der Waals surface area contributed by atoms with Gasteiger partial charge in [-0.05, 0) is 29.8 Å². The van der Waals surface area contributed by atoms with E-state index in [4.69, 9.17) is 22.1 Å². The van der Waals surface area contributed by atoms with Crippen LogP contribution in [-0.4, -0.2) is 0 Å². The van der Waals surface area contributed by atoms with E-state index in [0.717, 1.165) is 21.3 Å². The van der Waals surface area contributed by atoms with Gasteiger partial charge >= 0.3 is 0 Å².